The van der Waals surface area contributed by atoms with Crippen LogP contribution in [-0.4, -0.2) is 55.2 Å². The molecule has 0 spiro atoms. The van der Waals surface area contributed by atoms with Crippen LogP contribution in [0.25, 0.3) is 22.6 Å². The Morgan fingerprint density at radius 1 is 1.00 bits per heavy atom. The molecule has 2 aliphatic heterocycles. The van der Waals surface area contributed by atoms with Gasteiger partial charge in [0.1, 0.15) is 11.2 Å². The van der Waals surface area contributed by atoms with E-state index in [9.17, 15) is 36.9 Å². The summed E-state index contributed by atoms with van der Waals surface area (Å²) in [6, 6.07) is 5.60. The number of halogens is 3. The maximum Gasteiger partial charge on any atom is 0.471 e. The number of aryl methyl sites for hydroxylation is 1. The fourth-order valence-corrected chi connectivity index (χ4v) is 6.19. The number of fused-ring (bicyclic) bond motifs is 3. The van der Waals surface area contributed by atoms with Crippen LogP contribution in [0.2, 0.25) is 0 Å². The summed E-state index contributed by atoms with van der Waals surface area (Å²) >= 11 is 0. The molecule has 12 nitrogen and oxygen atoms in total. The van der Waals surface area contributed by atoms with Crippen LogP contribution in [0.1, 0.15) is 44.6 Å². The number of benzene rings is 2. The van der Waals surface area contributed by atoms with E-state index in [-0.39, 0.29) is 84.7 Å². The highest BCUT2D eigenvalue weighted by atomic mass is 31.2. The largest absolute Gasteiger partial charge is 0.471 e. The van der Waals surface area contributed by atoms with Crippen LogP contribution in [0.3, 0.4) is 0 Å². The predicted octanol–water partition coefficient (Wildman–Crippen LogP) is 3.37. The molecule has 2 heterocycles. The molecule has 2 amide bonds. The first-order chi connectivity index (χ1) is 20.4. The van der Waals surface area contributed by atoms with Crippen molar-refractivity contribution in [2.24, 2.45) is 0 Å². The molecule has 1 aliphatic carbocycles. The third-order valence-corrected chi connectivity index (χ3v) is 8.32. The normalized spacial score (nSPS) is 14.7. The lowest BCUT2D eigenvalue weighted by Gasteiger charge is -2.25. The van der Waals surface area contributed by atoms with Crippen LogP contribution < -0.4 is 26.1 Å². The molecule has 232 valence electrons. The van der Waals surface area contributed by atoms with Gasteiger partial charge in [-0.25, -0.2) is 4.98 Å². The molecule has 0 saturated carbocycles. The Kier molecular flexibility index (Phi) is 10.2. The molecule has 1 aromatic rings. The Hall–Kier alpha value is -3.81. The molecule has 0 radical (unpaired) electrons. The quantitative estimate of drug-likeness (QED) is 0.0945. The SMILES string of the molecule is CC(=O)NCCCCOP(=O)(OCCCCNC(=O)C(F)(F)F)c1c2c(cc3nc4ccc(=O)cc-4oc13)CCC(=O)O2. The minimum Gasteiger partial charge on any atom is -0.452 e. The number of esters is 1. The number of unbranched alkanes of at least 4 members (excludes halogenated alkanes) is 2. The van der Waals surface area contributed by atoms with E-state index in [1.807, 2.05) is 0 Å². The van der Waals surface area contributed by atoms with Gasteiger partial charge in [0, 0.05) is 26.1 Å². The highest BCUT2D eigenvalue weighted by molar-refractivity contribution is 7.63. The summed E-state index contributed by atoms with van der Waals surface area (Å²) in [5, 5.41) is 4.18. The van der Waals surface area contributed by atoms with Gasteiger partial charge in [0.15, 0.2) is 27.8 Å². The molecule has 0 saturated heterocycles. The second-order valence-electron chi connectivity index (χ2n) is 9.69. The molecule has 3 aliphatic rings. The number of carbonyl (C=O) groups is 3. The maximum atomic E-state index is 14.6. The molecule has 0 bridgehead atoms. The molecule has 2 N–H and O–H groups in total. The Morgan fingerprint density at radius 3 is 2.33 bits per heavy atom. The van der Waals surface area contributed by atoms with Crippen molar-refractivity contribution < 1.29 is 50.3 Å². The second kappa shape index (κ2) is 13.7. The zero-order chi connectivity index (χ0) is 31.2. The van der Waals surface area contributed by atoms with Crippen LogP contribution >= 0.6 is 7.60 Å². The van der Waals surface area contributed by atoms with E-state index in [0.29, 0.717) is 30.6 Å². The molecule has 16 heteroatoms. The molecular weight excluding hydrogens is 598 g/mol. The summed E-state index contributed by atoms with van der Waals surface area (Å²) < 4.78 is 75.0. The fraction of sp³-hybridized carbons (Fsp3) is 0.444. The lowest BCUT2D eigenvalue weighted by atomic mass is 10.0. The van der Waals surface area contributed by atoms with Crippen LogP contribution in [0.5, 0.6) is 5.75 Å². The molecule has 0 fully saturated rings. The number of ether oxygens (including phenoxy) is 1. The molecule has 1 atom stereocenters. The van der Waals surface area contributed by atoms with Gasteiger partial charge in [-0.15, -0.1) is 0 Å². The van der Waals surface area contributed by atoms with Crippen LogP contribution in [0.4, 0.5) is 13.2 Å². The van der Waals surface area contributed by atoms with Gasteiger partial charge in [0.05, 0.1) is 19.6 Å². The Bertz CT molecular complexity index is 1590. The van der Waals surface area contributed by atoms with Crippen molar-refractivity contribution in [3.05, 3.63) is 40.1 Å². The number of hydrogen-bond donors (Lipinski definition) is 2. The van der Waals surface area contributed by atoms with Crippen LogP contribution in [0, 0.1) is 0 Å². The van der Waals surface area contributed by atoms with Gasteiger partial charge in [-0.1, -0.05) is 0 Å². The molecule has 0 aromatic heterocycles. The predicted molar refractivity (Wildman–Crippen MR) is 146 cm³/mol. The lowest BCUT2D eigenvalue weighted by Crippen LogP contribution is -2.37. The van der Waals surface area contributed by atoms with Crippen molar-refractivity contribution in [1.29, 1.82) is 0 Å². The summed E-state index contributed by atoms with van der Waals surface area (Å²) in [6.45, 7) is 1.03. The number of alkyl halides is 3. The summed E-state index contributed by atoms with van der Waals surface area (Å²) in [5.41, 5.74) is 0.631. The molecular formula is C27H29F3N3O9P. The van der Waals surface area contributed by atoms with E-state index in [4.69, 9.17) is 18.2 Å². The van der Waals surface area contributed by atoms with Crippen molar-refractivity contribution >= 4 is 41.8 Å². The van der Waals surface area contributed by atoms with Gasteiger partial charge in [0.2, 0.25) is 5.91 Å². The van der Waals surface area contributed by atoms with Crippen LogP contribution in [0.15, 0.2) is 33.5 Å². The van der Waals surface area contributed by atoms with Crippen molar-refractivity contribution in [2.75, 3.05) is 26.3 Å². The average Bonchev–Trinajstić information content (AvgIpc) is 2.93. The highest BCUT2D eigenvalue weighted by Gasteiger charge is 2.40. The monoisotopic (exact) mass is 627 g/mol. The third kappa shape index (κ3) is 8.18. The van der Waals surface area contributed by atoms with Crippen molar-refractivity contribution in [3.8, 4) is 17.2 Å². The van der Waals surface area contributed by atoms with Gasteiger partial charge in [-0.05, 0) is 55.9 Å². The minimum atomic E-state index is -5.01. The van der Waals surface area contributed by atoms with E-state index in [1.165, 1.54) is 25.1 Å². The van der Waals surface area contributed by atoms with Crippen molar-refractivity contribution in [3.63, 3.8) is 0 Å². The number of nitrogens with one attached hydrogen (secondary N) is 2. The fourth-order valence-electron chi connectivity index (χ4n) is 4.27. The Morgan fingerprint density at radius 2 is 1.67 bits per heavy atom. The minimum absolute atomic E-state index is 0.0566. The topological polar surface area (TPSA) is 163 Å². The van der Waals surface area contributed by atoms with Gasteiger partial charge < -0.3 is 28.8 Å². The second-order valence-corrected chi connectivity index (χ2v) is 11.7. The van der Waals surface area contributed by atoms with Gasteiger partial charge in [-0.3, -0.25) is 23.7 Å². The Labute approximate surface area is 243 Å². The summed E-state index contributed by atoms with van der Waals surface area (Å²) in [4.78, 5) is 51.0. The first kappa shape index (κ1) is 32.1. The zero-order valence-electron chi connectivity index (χ0n) is 23.1. The van der Waals surface area contributed by atoms with Crippen molar-refractivity contribution in [1.82, 2.24) is 15.6 Å². The number of amides is 2. The molecule has 4 rings (SSSR count). The smallest absolute Gasteiger partial charge is 0.452 e. The Balaban J connectivity index is 1.66. The molecule has 1 unspecified atom stereocenters. The molecule has 1 aromatic carbocycles. The summed E-state index contributed by atoms with van der Waals surface area (Å²) in [5.74, 6) is -2.89. The standard InChI is InChI=1S/C27H29F3N3O9P/c1-16(34)31-10-2-4-12-39-43(38,40-13-5-3-11-32-26(37)27(28,29)30)25-23-17(6-9-22(36)42-23)14-20-24(25)41-21-15-18(35)7-8-19(21)33-20/h7-8,14-15H,2-6,9-13H2,1H3,(H,31,34)(H,32,37). The van der Waals surface area contributed by atoms with Gasteiger partial charge in [0.25, 0.3) is 0 Å². The van der Waals surface area contributed by atoms with E-state index in [1.54, 1.807) is 11.4 Å². The number of aromatic nitrogens is 1. The number of hydrogen-bond acceptors (Lipinski definition) is 10. The lowest BCUT2D eigenvalue weighted by molar-refractivity contribution is -0.173. The zero-order valence-corrected chi connectivity index (χ0v) is 24.0. The first-order valence-electron chi connectivity index (χ1n) is 13.5. The summed E-state index contributed by atoms with van der Waals surface area (Å²) in [6.07, 6.45) is -3.75. The van der Waals surface area contributed by atoms with Crippen LogP contribution in [-0.2, 0) is 34.4 Å². The van der Waals surface area contributed by atoms with E-state index >= 15 is 0 Å². The van der Waals surface area contributed by atoms with E-state index in [0.717, 1.165) is 0 Å². The van der Waals surface area contributed by atoms with E-state index in [2.05, 4.69) is 10.3 Å². The number of carbonyl (C=O) groups excluding carboxylic acids is 3. The van der Waals surface area contributed by atoms with Crippen molar-refractivity contribution in [2.45, 2.75) is 51.6 Å². The molecule has 43 heavy (non-hydrogen) atoms. The first-order valence-corrected chi connectivity index (χ1v) is 15.0. The average molecular weight is 628 g/mol. The summed E-state index contributed by atoms with van der Waals surface area (Å²) in [7, 11) is -4.40. The number of nitrogens with zero attached hydrogens (tertiary/aromatic N) is 1. The maximum absolute atomic E-state index is 14.6. The number of rotatable bonds is 13. The highest BCUT2D eigenvalue weighted by Crippen LogP contribution is 2.53. The van der Waals surface area contributed by atoms with Gasteiger partial charge >= 0.3 is 25.6 Å². The third-order valence-electron chi connectivity index (χ3n) is 6.32. The van der Waals surface area contributed by atoms with Gasteiger partial charge in [-0.2, -0.15) is 13.2 Å². The van der Waals surface area contributed by atoms with E-state index < -0.39 is 25.6 Å².